The van der Waals surface area contributed by atoms with Crippen LogP contribution in [0.4, 0.5) is 4.79 Å². The molecule has 1 unspecified atom stereocenters. The molecule has 0 aromatic rings. The number of hydrogen-bond donors (Lipinski definition) is 1. The van der Waals surface area contributed by atoms with Gasteiger partial charge in [-0.15, -0.1) is 0 Å². The average Bonchev–Trinajstić information content (AvgIpc) is 2.90. The van der Waals surface area contributed by atoms with Crippen molar-refractivity contribution in [2.24, 2.45) is 0 Å². The number of hydrogen-bond acceptors (Lipinski definition) is 3. The van der Waals surface area contributed by atoms with Crippen LogP contribution in [0.3, 0.4) is 0 Å². The molecule has 1 saturated carbocycles. The zero-order chi connectivity index (χ0) is 13.1. The summed E-state index contributed by atoms with van der Waals surface area (Å²) in [4.78, 5) is 26.6. The lowest BCUT2D eigenvalue weighted by molar-refractivity contribution is -0.147. The Morgan fingerprint density at radius 2 is 2.00 bits per heavy atom. The van der Waals surface area contributed by atoms with E-state index in [2.05, 4.69) is 0 Å². The first-order valence-electron chi connectivity index (χ1n) is 6.45. The van der Waals surface area contributed by atoms with Crippen LogP contribution in [0.5, 0.6) is 0 Å². The molecule has 1 aliphatic carbocycles. The predicted molar refractivity (Wildman–Crippen MR) is 64.4 cm³/mol. The van der Waals surface area contributed by atoms with Gasteiger partial charge in [-0.1, -0.05) is 12.8 Å². The van der Waals surface area contributed by atoms with E-state index in [0.29, 0.717) is 13.2 Å². The molecule has 2 amide bonds. The van der Waals surface area contributed by atoms with E-state index in [-0.39, 0.29) is 18.7 Å². The molecule has 1 aliphatic heterocycles. The lowest BCUT2D eigenvalue weighted by atomic mass is 10.2. The van der Waals surface area contributed by atoms with Crippen molar-refractivity contribution in [3.63, 3.8) is 0 Å². The molecule has 0 bridgehead atoms. The van der Waals surface area contributed by atoms with Gasteiger partial charge in [-0.3, -0.25) is 0 Å². The molecule has 0 spiro atoms. The van der Waals surface area contributed by atoms with Crippen LogP contribution in [-0.2, 0) is 9.53 Å². The van der Waals surface area contributed by atoms with Gasteiger partial charge in [0.1, 0.15) is 0 Å². The third-order valence-electron chi connectivity index (χ3n) is 3.83. The molecule has 1 saturated heterocycles. The highest BCUT2D eigenvalue weighted by atomic mass is 16.5. The first kappa shape index (κ1) is 13.1. The Kier molecular flexibility index (Phi) is 4.06. The second-order valence-electron chi connectivity index (χ2n) is 4.95. The summed E-state index contributed by atoms with van der Waals surface area (Å²) in [5.41, 5.74) is 0. The van der Waals surface area contributed by atoms with E-state index in [0.717, 1.165) is 25.7 Å². The van der Waals surface area contributed by atoms with Crippen molar-refractivity contribution in [2.75, 3.05) is 26.8 Å². The zero-order valence-corrected chi connectivity index (χ0v) is 10.7. The van der Waals surface area contributed by atoms with E-state index in [9.17, 15) is 9.59 Å². The highest BCUT2D eigenvalue weighted by Crippen LogP contribution is 2.24. The number of morpholine rings is 1. The molecule has 1 heterocycles. The summed E-state index contributed by atoms with van der Waals surface area (Å²) in [6.07, 6.45) is 4.33. The molecule has 102 valence electrons. The Bertz CT molecular complexity index is 328. The van der Waals surface area contributed by atoms with E-state index >= 15 is 0 Å². The molecule has 0 aromatic heterocycles. The first-order chi connectivity index (χ1) is 8.61. The van der Waals surface area contributed by atoms with Crippen LogP contribution >= 0.6 is 0 Å². The van der Waals surface area contributed by atoms with Gasteiger partial charge in [-0.05, 0) is 12.8 Å². The van der Waals surface area contributed by atoms with Gasteiger partial charge in [0, 0.05) is 19.6 Å². The fourth-order valence-electron chi connectivity index (χ4n) is 2.69. The third kappa shape index (κ3) is 2.58. The SMILES string of the molecule is CN(C(=O)N1CCOCC1C(=O)O)C1CCCC1. The van der Waals surface area contributed by atoms with Gasteiger partial charge in [0.15, 0.2) is 6.04 Å². The molecule has 2 aliphatic rings. The lowest BCUT2D eigenvalue weighted by Crippen LogP contribution is -2.57. The minimum Gasteiger partial charge on any atom is -0.480 e. The normalized spacial score (nSPS) is 25.2. The summed E-state index contributed by atoms with van der Waals surface area (Å²) in [5.74, 6) is -0.997. The number of amides is 2. The van der Waals surface area contributed by atoms with Crippen LogP contribution < -0.4 is 0 Å². The van der Waals surface area contributed by atoms with Crippen molar-refractivity contribution in [1.29, 1.82) is 0 Å². The highest BCUT2D eigenvalue weighted by molar-refractivity contribution is 5.83. The zero-order valence-electron chi connectivity index (χ0n) is 10.7. The number of rotatable bonds is 2. The maximum Gasteiger partial charge on any atom is 0.328 e. The van der Waals surface area contributed by atoms with Crippen LogP contribution in [0.25, 0.3) is 0 Å². The molecule has 2 fully saturated rings. The number of carboxylic acids is 1. The third-order valence-corrected chi connectivity index (χ3v) is 3.83. The molecule has 6 nitrogen and oxygen atoms in total. The van der Waals surface area contributed by atoms with E-state index in [1.165, 1.54) is 4.90 Å². The maximum absolute atomic E-state index is 12.3. The second kappa shape index (κ2) is 5.56. The number of urea groups is 1. The van der Waals surface area contributed by atoms with E-state index in [1.807, 2.05) is 0 Å². The molecular weight excluding hydrogens is 236 g/mol. The van der Waals surface area contributed by atoms with Crippen molar-refractivity contribution in [2.45, 2.75) is 37.8 Å². The summed E-state index contributed by atoms with van der Waals surface area (Å²) in [7, 11) is 1.77. The first-order valence-corrected chi connectivity index (χ1v) is 6.45. The van der Waals surface area contributed by atoms with E-state index < -0.39 is 12.0 Å². The molecule has 0 aromatic carbocycles. The number of nitrogens with zero attached hydrogens (tertiary/aromatic N) is 2. The smallest absolute Gasteiger partial charge is 0.328 e. The summed E-state index contributed by atoms with van der Waals surface area (Å²) >= 11 is 0. The molecule has 6 heteroatoms. The second-order valence-corrected chi connectivity index (χ2v) is 4.95. The number of ether oxygens (including phenoxy) is 1. The number of carboxylic acid groups (broad SMARTS) is 1. The van der Waals surface area contributed by atoms with Crippen molar-refractivity contribution in [3.05, 3.63) is 0 Å². The van der Waals surface area contributed by atoms with Crippen molar-refractivity contribution < 1.29 is 19.4 Å². The topological polar surface area (TPSA) is 70.1 Å². The average molecular weight is 256 g/mol. The molecule has 1 N–H and O–H groups in total. The number of aliphatic carboxylic acids is 1. The Hall–Kier alpha value is -1.30. The number of carbonyl (C=O) groups is 2. The van der Waals surface area contributed by atoms with Crippen molar-refractivity contribution >= 4 is 12.0 Å². The molecule has 0 radical (unpaired) electrons. The van der Waals surface area contributed by atoms with Gasteiger partial charge in [0.25, 0.3) is 0 Å². The molecule has 18 heavy (non-hydrogen) atoms. The number of carbonyl (C=O) groups excluding carboxylic acids is 1. The summed E-state index contributed by atoms with van der Waals surface area (Å²) < 4.78 is 5.14. The fraction of sp³-hybridized carbons (Fsp3) is 0.833. The van der Waals surface area contributed by atoms with E-state index in [4.69, 9.17) is 9.84 Å². The Labute approximate surface area is 106 Å². The fourth-order valence-corrected chi connectivity index (χ4v) is 2.69. The van der Waals surface area contributed by atoms with Crippen LogP contribution in [-0.4, -0.2) is 65.8 Å². The minimum absolute atomic E-state index is 0.0829. The molecular formula is C12H20N2O4. The molecule has 2 rings (SSSR count). The van der Waals surface area contributed by atoms with Gasteiger partial charge in [-0.2, -0.15) is 0 Å². The summed E-state index contributed by atoms with van der Waals surface area (Å²) in [6.45, 7) is 0.848. The lowest BCUT2D eigenvalue weighted by Gasteiger charge is -2.37. The molecule has 1 atom stereocenters. The largest absolute Gasteiger partial charge is 0.480 e. The quantitative estimate of drug-likeness (QED) is 0.792. The van der Waals surface area contributed by atoms with Crippen molar-refractivity contribution in [1.82, 2.24) is 9.80 Å². The van der Waals surface area contributed by atoms with Gasteiger partial charge >= 0.3 is 12.0 Å². The van der Waals surface area contributed by atoms with Gasteiger partial charge < -0.3 is 19.6 Å². The van der Waals surface area contributed by atoms with E-state index in [1.54, 1.807) is 11.9 Å². The van der Waals surface area contributed by atoms with Gasteiger partial charge in [-0.25, -0.2) is 9.59 Å². The highest BCUT2D eigenvalue weighted by Gasteiger charge is 2.36. The van der Waals surface area contributed by atoms with Crippen LogP contribution in [0, 0.1) is 0 Å². The Morgan fingerprint density at radius 1 is 1.33 bits per heavy atom. The Balaban J connectivity index is 2.03. The maximum atomic E-state index is 12.3. The predicted octanol–water partition coefficient (Wildman–Crippen LogP) is 0.766. The summed E-state index contributed by atoms with van der Waals surface area (Å²) in [5, 5.41) is 9.11. The Morgan fingerprint density at radius 3 is 2.61 bits per heavy atom. The summed E-state index contributed by atoms with van der Waals surface area (Å²) in [6, 6.07) is -0.775. The van der Waals surface area contributed by atoms with Gasteiger partial charge in [0.05, 0.1) is 13.2 Å². The minimum atomic E-state index is -0.997. The van der Waals surface area contributed by atoms with Gasteiger partial charge in [0.2, 0.25) is 0 Å². The van der Waals surface area contributed by atoms with Crippen LogP contribution in [0.1, 0.15) is 25.7 Å². The van der Waals surface area contributed by atoms with Crippen LogP contribution in [0.15, 0.2) is 0 Å². The monoisotopic (exact) mass is 256 g/mol. The van der Waals surface area contributed by atoms with Crippen LogP contribution in [0.2, 0.25) is 0 Å². The van der Waals surface area contributed by atoms with Crippen molar-refractivity contribution in [3.8, 4) is 0 Å². The standard InChI is InChI=1S/C12H20N2O4/c1-13(9-4-2-3-5-9)12(17)14-6-7-18-8-10(14)11(15)16/h9-10H,2-8H2,1H3,(H,15,16).